The fraction of sp³-hybridized carbons (Fsp3) is 0.389. The summed E-state index contributed by atoms with van der Waals surface area (Å²) < 4.78 is 49.1. The van der Waals surface area contributed by atoms with Gasteiger partial charge in [-0.2, -0.15) is 0 Å². The van der Waals surface area contributed by atoms with Gasteiger partial charge < -0.3 is 9.88 Å². The van der Waals surface area contributed by atoms with Crippen LogP contribution < -0.4 is 5.32 Å². The molecule has 3 rings (SSSR count). The highest BCUT2D eigenvalue weighted by Gasteiger charge is 2.33. The number of sulfone groups is 2. The molecule has 1 aliphatic rings. The van der Waals surface area contributed by atoms with Crippen molar-refractivity contribution in [2.75, 3.05) is 28.8 Å². The maximum absolute atomic E-state index is 12.4. The monoisotopic (exact) mass is 470 g/mol. The van der Waals surface area contributed by atoms with Gasteiger partial charge in [0.25, 0.3) is 0 Å². The van der Waals surface area contributed by atoms with Crippen LogP contribution in [0.2, 0.25) is 0 Å². The van der Waals surface area contributed by atoms with E-state index in [9.17, 15) is 21.6 Å². The maximum atomic E-state index is 12.4. The molecule has 1 aromatic heterocycles. The van der Waals surface area contributed by atoms with Crippen LogP contribution in [0.1, 0.15) is 18.2 Å². The summed E-state index contributed by atoms with van der Waals surface area (Å²) in [4.78, 5) is 12.4. The van der Waals surface area contributed by atoms with Gasteiger partial charge in [0.1, 0.15) is 5.82 Å². The first-order chi connectivity index (χ1) is 14.1. The molecule has 2 aromatic rings. The third-order valence-corrected chi connectivity index (χ3v) is 8.44. The molecule has 0 radical (unpaired) electrons. The van der Waals surface area contributed by atoms with Gasteiger partial charge in [0, 0.05) is 18.7 Å². The molecule has 1 N–H and O–H groups in total. The largest absolute Gasteiger partial charge is 0.324 e. The lowest BCUT2D eigenvalue weighted by atomic mass is 10.1. The SMILES string of the molecule is C=CCn1c(SCC(=O)Nc2ccccc2S(C)(=O)=O)nnc1C1CCS(=O)(=O)C1. The lowest BCUT2D eigenvalue weighted by Gasteiger charge is -2.12. The summed E-state index contributed by atoms with van der Waals surface area (Å²) in [6.07, 6.45) is 3.23. The van der Waals surface area contributed by atoms with Crippen molar-refractivity contribution in [2.24, 2.45) is 0 Å². The number of anilines is 1. The van der Waals surface area contributed by atoms with Crippen molar-refractivity contribution in [3.05, 3.63) is 42.7 Å². The zero-order valence-electron chi connectivity index (χ0n) is 16.3. The fourth-order valence-electron chi connectivity index (χ4n) is 3.22. The van der Waals surface area contributed by atoms with Gasteiger partial charge in [0.15, 0.2) is 24.8 Å². The van der Waals surface area contributed by atoms with Crippen LogP contribution >= 0.6 is 11.8 Å². The van der Waals surface area contributed by atoms with E-state index in [4.69, 9.17) is 0 Å². The zero-order chi connectivity index (χ0) is 21.9. The summed E-state index contributed by atoms with van der Waals surface area (Å²) in [5, 5.41) is 11.4. The molecule has 1 amide bonds. The number of benzene rings is 1. The molecule has 0 saturated carbocycles. The first-order valence-corrected chi connectivity index (χ1v) is 13.8. The highest BCUT2D eigenvalue weighted by molar-refractivity contribution is 7.99. The third-order valence-electron chi connectivity index (χ3n) is 4.55. The van der Waals surface area contributed by atoms with E-state index in [1.165, 1.54) is 12.1 Å². The Kier molecular flexibility index (Phi) is 6.68. The van der Waals surface area contributed by atoms with Crippen LogP contribution in [-0.4, -0.2) is 61.0 Å². The number of para-hydroxylation sites is 1. The highest BCUT2D eigenvalue weighted by atomic mass is 32.2. The van der Waals surface area contributed by atoms with Crippen LogP contribution in [0.5, 0.6) is 0 Å². The van der Waals surface area contributed by atoms with Gasteiger partial charge >= 0.3 is 0 Å². The summed E-state index contributed by atoms with van der Waals surface area (Å²) in [6.45, 7) is 4.11. The van der Waals surface area contributed by atoms with E-state index in [1.54, 1.807) is 22.8 Å². The summed E-state index contributed by atoms with van der Waals surface area (Å²) in [6, 6.07) is 6.18. The number of aromatic nitrogens is 3. The Hall–Kier alpha value is -2.18. The van der Waals surface area contributed by atoms with Crippen molar-refractivity contribution in [3.8, 4) is 0 Å². The second-order valence-corrected chi connectivity index (χ2v) is 12.1. The average molecular weight is 471 g/mol. The van der Waals surface area contributed by atoms with E-state index < -0.39 is 25.6 Å². The van der Waals surface area contributed by atoms with Crippen molar-refractivity contribution in [1.29, 1.82) is 0 Å². The van der Waals surface area contributed by atoms with Gasteiger partial charge in [-0.3, -0.25) is 4.79 Å². The molecular weight excluding hydrogens is 448 g/mol. The third kappa shape index (κ3) is 5.29. The van der Waals surface area contributed by atoms with Gasteiger partial charge in [-0.25, -0.2) is 16.8 Å². The van der Waals surface area contributed by atoms with Crippen molar-refractivity contribution in [1.82, 2.24) is 14.8 Å². The van der Waals surface area contributed by atoms with E-state index in [1.807, 2.05) is 0 Å². The van der Waals surface area contributed by atoms with Crippen LogP contribution in [-0.2, 0) is 31.0 Å². The number of rotatable bonds is 8. The molecule has 0 spiro atoms. The Balaban J connectivity index is 1.72. The minimum atomic E-state index is -3.48. The Morgan fingerprint density at radius 1 is 1.37 bits per heavy atom. The molecule has 9 nitrogen and oxygen atoms in total. The standard InChI is InChI=1S/C18H22N4O5S3/c1-3-9-22-17(13-8-10-30(26,27)12-13)20-21-18(22)28-11-16(23)19-14-6-4-5-7-15(14)29(2,24)25/h3-7,13H,1,8-12H2,2H3,(H,19,23). The highest BCUT2D eigenvalue weighted by Crippen LogP contribution is 2.30. The number of carbonyl (C=O) groups excluding carboxylic acids is 1. The van der Waals surface area contributed by atoms with E-state index >= 15 is 0 Å². The molecule has 12 heteroatoms. The first-order valence-electron chi connectivity index (χ1n) is 9.07. The summed E-state index contributed by atoms with van der Waals surface area (Å²) in [5.41, 5.74) is 0.218. The smallest absolute Gasteiger partial charge is 0.234 e. The minimum Gasteiger partial charge on any atom is -0.324 e. The number of allylic oxidation sites excluding steroid dienone is 1. The molecule has 1 atom stereocenters. The molecule has 1 aromatic carbocycles. The second kappa shape index (κ2) is 8.90. The summed E-state index contributed by atoms with van der Waals surface area (Å²) in [5.74, 6) is 0.0952. The normalized spacial score (nSPS) is 18.2. The molecule has 1 aliphatic heterocycles. The van der Waals surface area contributed by atoms with Gasteiger partial charge in [-0.1, -0.05) is 30.0 Å². The van der Waals surface area contributed by atoms with E-state index in [-0.39, 0.29) is 33.8 Å². The second-order valence-electron chi connectivity index (χ2n) is 6.95. The molecule has 0 bridgehead atoms. The number of nitrogens with one attached hydrogen (secondary N) is 1. The maximum Gasteiger partial charge on any atom is 0.234 e. The number of nitrogens with zero attached hydrogens (tertiary/aromatic N) is 3. The number of hydrogen-bond donors (Lipinski definition) is 1. The van der Waals surface area contributed by atoms with Crippen LogP contribution in [0.25, 0.3) is 0 Å². The number of amides is 1. The molecule has 1 unspecified atom stereocenters. The van der Waals surface area contributed by atoms with Gasteiger partial charge in [-0.05, 0) is 18.6 Å². The minimum absolute atomic E-state index is 0.0175. The zero-order valence-corrected chi connectivity index (χ0v) is 18.8. The molecule has 1 fully saturated rings. The van der Waals surface area contributed by atoms with Crippen molar-refractivity contribution < 1.29 is 21.6 Å². The molecule has 1 saturated heterocycles. The number of carbonyl (C=O) groups is 1. The van der Waals surface area contributed by atoms with Crippen LogP contribution in [0.4, 0.5) is 5.69 Å². The Morgan fingerprint density at radius 2 is 2.10 bits per heavy atom. The van der Waals surface area contributed by atoms with Gasteiger partial charge in [0.05, 0.1) is 27.8 Å². The molecule has 162 valence electrons. The number of thioether (sulfide) groups is 1. The summed E-state index contributed by atoms with van der Waals surface area (Å²) >= 11 is 1.14. The Morgan fingerprint density at radius 3 is 2.73 bits per heavy atom. The van der Waals surface area contributed by atoms with Crippen molar-refractivity contribution in [3.63, 3.8) is 0 Å². The predicted octanol–water partition coefficient (Wildman–Crippen LogP) is 1.50. The number of hydrogen-bond acceptors (Lipinski definition) is 8. The van der Waals surface area contributed by atoms with Gasteiger partial charge in [-0.15, -0.1) is 16.8 Å². The van der Waals surface area contributed by atoms with Crippen LogP contribution in [0, 0.1) is 0 Å². The first kappa shape index (κ1) is 22.5. The van der Waals surface area contributed by atoms with Crippen LogP contribution in [0.3, 0.4) is 0 Å². The Bertz CT molecular complexity index is 1170. The molecule has 0 aliphatic carbocycles. The summed E-state index contributed by atoms with van der Waals surface area (Å²) in [7, 11) is -6.55. The van der Waals surface area contributed by atoms with Crippen molar-refractivity contribution >= 4 is 43.0 Å². The van der Waals surface area contributed by atoms with E-state index in [2.05, 4.69) is 22.1 Å². The topological polar surface area (TPSA) is 128 Å². The average Bonchev–Trinajstić information content (AvgIpc) is 3.22. The van der Waals surface area contributed by atoms with E-state index in [0.717, 1.165) is 18.0 Å². The molecule has 2 heterocycles. The van der Waals surface area contributed by atoms with Gasteiger partial charge in [0.2, 0.25) is 5.91 Å². The lowest BCUT2D eigenvalue weighted by Crippen LogP contribution is -2.17. The van der Waals surface area contributed by atoms with Crippen LogP contribution in [0.15, 0.2) is 47.0 Å². The Labute approximate surface area is 179 Å². The lowest BCUT2D eigenvalue weighted by molar-refractivity contribution is -0.113. The molecular formula is C18H22N4O5S3. The van der Waals surface area contributed by atoms with Crippen molar-refractivity contribution in [2.45, 2.75) is 28.9 Å². The van der Waals surface area contributed by atoms with E-state index in [0.29, 0.717) is 23.9 Å². The quantitative estimate of drug-likeness (QED) is 0.454. The fourth-order valence-corrected chi connectivity index (χ4v) is 6.56. The molecule has 30 heavy (non-hydrogen) atoms. The predicted molar refractivity (Wildman–Crippen MR) is 115 cm³/mol.